The number of thiophene rings is 1. The van der Waals surface area contributed by atoms with Crippen molar-refractivity contribution in [2.24, 2.45) is 5.73 Å². The van der Waals surface area contributed by atoms with Gasteiger partial charge in [-0.2, -0.15) is 0 Å². The second-order valence-electron chi connectivity index (χ2n) is 4.58. The number of rotatable bonds is 8. The number of primary amides is 1. The molecule has 1 heterocycles. The van der Waals surface area contributed by atoms with Gasteiger partial charge in [0.1, 0.15) is 11.6 Å². The van der Waals surface area contributed by atoms with E-state index in [0.717, 1.165) is 18.3 Å². The summed E-state index contributed by atoms with van der Waals surface area (Å²) in [4.78, 5) is 46.3. The molecule has 9 nitrogen and oxygen atoms in total. The lowest BCUT2D eigenvalue weighted by molar-refractivity contribution is -0.144. The summed E-state index contributed by atoms with van der Waals surface area (Å²) in [6.07, 6.45) is 0. The Bertz CT molecular complexity index is 654. The lowest BCUT2D eigenvalue weighted by atomic mass is 10.1. The van der Waals surface area contributed by atoms with E-state index in [2.05, 4.69) is 10.1 Å². The van der Waals surface area contributed by atoms with Crippen molar-refractivity contribution in [2.45, 2.75) is 13.8 Å². The van der Waals surface area contributed by atoms with E-state index in [1.165, 1.54) is 14.0 Å². The van der Waals surface area contributed by atoms with Crippen molar-refractivity contribution in [3.05, 3.63) is 16.0 Å². The Labute approximate surface area is 142 Å². The topological polar surface area (TPSA) is 134 Å². The van der Waals surface area contributed by atoms with Gasteiger partial charge >= 0.3 is 11.9 Å². The van der Waals surface area contributed by atoms with Crippen molar-refractivity contribution in [1.29, 1.82) is 0 Å². The first-order chi connectivity index (χ1) is 11.3. The molecule has 1 rings (SSSR count). The Balaban J connectivity index is 3.02. The van der Waals surface area contributed by atoms with Crippen molar-refractivity contribution in [2.75, 3.05) is 32.2 Å². The van der Waals surface area contributed by atoms with Crippen molar-refractivity contribution in [3.63, 3.8) is 0 Å². The monoisotopic (exact) mass is 358 g/mol. The maximum atomic E-state index is 12.2. The van der Waals surface area contributed by atoms with Crippen molar-refractivity contribution < 1.29 is 33.4 Å². The molecule has 0 saturated heterocycles. The van der Waals surface area contributed by atoms with Crippen molar-refractivity contribution in [1.82, 2.24) is 0 Å². The second-order valence-corrected chi connectivity index (χ2v) is 5.60. The minimum absolute atomic E-state index is 0.0113. The SMILES string of the molecule is COCCOC(=O)c1c(NC(=O)COC(C)=O)sc(C(N)=O)c1C. The molecule has 10 heteroatoms. The zero-order valence-electron chi connectivity index (χ0n) is 13.5. The molecule has 0 bridgehead atoms. The molecule has 0 aromatic carbocycles. The summed E-state index contributed by atoms with van der Waals surface area (Å²) in [5.74, 6) is -2.74. The number of ether oxygens (including phenoxy) is 3. The molecule has 1 aromatic heterocycles. The predicted molar refractivity (Wildman–Crippen MR) is 85.0 cm³/mol. The van der Waals surface area contributed by atoms with Crippen LogP contribution in [0.2, 0.25) is 0 Å². The van der Waals surface area contributed by atoms with Gasteiger partial charge < -0.3 is 25.3 Å². The van der Waals surface area contributed by atoms with Crippen LogP contribution in [0.25, 0.3) is 0 Å². The van der Waals surface area contributed by atoms with Crippen LogP contribution in [0.1, 0.15) is 32.5 Å². The highest BCUT2D eigenvalue weighted by Crippen LogP contribution is 2.33. The molecule has 1 aromatic rings. The quantitative estimate of drug-likeness (QED) is 0.509. The zero-order valence-corrected chi connectivity index (χ0v) is 14.3. The van der Waals surface area contributed by atoms with Gasteiger partial charge in [-0.3, -0.25) is 14.4 Å². The molecule has 3 N–H and O–H groups in total. The molecule has 2 amide bonds. The van der Waals surface area contributed by atoms with Gasteiger partial charge in [0.05, 0.1) is 17.0 Å². The Morgan fingerprint density at radius 2 is 1.83 bits per heavy atom. The van der Waals surface area contributed by atoms with Gasteiger partial charge in [-0.05, 0) is 12.5 Å². The summed E-state index contributed by atoms with van der Waals surface area (Å²) in [6, 6.07) is 0. The summed E-state index contributed by atoms with van der Waals surface area (Å²) >= 11 is 0.845. The fraction of sp³-hybridized carbons (Fsp3) is 0.429. The number of anilines is 1. The van der Waals surface area contributed by atoms with E-state index in [1.807, 2.05) is 0 Å². The molecule has 24 heavy (non-hydrogen) atoms. The normalized spacial score (nSPS) is 10.1. The Hall–Kier alpha value is -2.46. The van der Waals surface area contributed by atoms with Crippen molar-refractivity contribution >= 4 is 40.1 Å². The Morgan fingerprint density at radius 3 is 2.38 bits per heavy atom. The lowest BCUT2D eigenvalue weighted by Crippen LogP contribution is -2.21. The first-order valence-electron chi connectivity index (χ1n) is 6.80. The van der Waals surface area contributed by atoms with E-state index in [1.54, 1.807) is 0 Å². The van der Waals surface area contributed by atoms with Gasteiger partial charge in [0.15, 0.2) is 6.61 Å². The first-order valence-corrected chi connectivity index (χ1v) is 7.62. The van der Waals surface area contributed by atoms with Crippen LogP contribution in [0.5, 0.6) is 0 Å². The van der Waals surface area contributed by atoms with Crippen LogP contribution in [0.3, 0.4) is 0 Å². The molecule has 0 fully saturated rings. The molecule has 0 spiro atoms. The summed E-state index contributed by atoms with van der Waals surface area (Å²) in [7, 11) is 1.45. The molecule has 0 saturated carbocycles. The average Bonchev–Trinajstić information content (AvgIpc) is 2.82. The third-order valence-corrected chi connectivity index (χ3v) is 3.98. The summed E-state index contributed by atoms with van der Waals surface area (Å²) in [6.45, 7) is 2.37. The molecular formula is C14H18N2O7S. The van der Waals surface area contributed by atoms with E-state index in [9.17, 15) is 19.2 Å². The molecule has 0 atom stereocenters. The van der Waals surface area contributed by atoms with Gasteiger partial charge in [0.25, 0.3) is 11.8 Å². The fourth-order valence-electron chi connectivity index (χ4n) is 1.70. The number of nitrogens with two attached hydrogens (primary N) is 1. The molecule has 0 radical (unpaired) electrons. The number of carbonyl (C=O) groups excluding carboxylic acids is 4. The first kappa shape index (κ1) is 19.6. The van der Waals surface area contributed by atoms with Gasteiger partial charge in [0, 0.05) is 14.0 Å². The third-order valence-electron chi connectivity index (χ3n) is 2.75. The molecule has 0 unspecified atom stereocenters. The summed E-state index contributed by atoms with van der Waals surface area (Å²) < 4.78 is 14.4. The number of hydrogen-bond donors (Lipinski definition) is 2. The minimum atomic E-state index is -0.732. The highest BCUT2D eigenvalue weighted by Gasteiger charge is 2.26. The molecular weight excluding hydrogens is 340 g/mol. The molecule has 0 aliphatic heterocycles. The molecule has 132 valence electrons. The van der Waals surface area contributed by atoms with Crippen LogP contribution in [0.4, 0.5) is 5.00 Å². The average molecular weight is 358 g/mol. The van der Waals surface area contributed by atoms with Gasteiger partial charge in [-0.15, -0.1) is 11.3 Å². The number of nitrogens with one attached hydrogen (secondary N) is 1. The highest BCUT2D eigenvalue weighted by molar-refractivity contribution is 7.18. The second kappa shape index (κ2) is 8.99. The summed E-state index contributed by atoms with van der Waals surface area (Å²) in [5, 5.41) is 2.51. The van der Waals surface area contributed by atoms with Crippen LogP contribution in [-0.2, 0) is 23.8 Å². The van der Waals surface area contributed by atoms with Crippen LogP contribution in [-0.4, -0.2) is 50.7 Å². The van der Waals surface area contributed by atoms with Crippen LogP contribution < -0.4 is 11.1 Å². The number of carbonyl (C=O) groups is 4. The number of hydrogen-bond acceptors (Lipinski definition) is 8. The summed E-state index contributed by atoms with van der Waals surface area (Å²) in [5.41, 5.74) is 5.60. The number of esters is 2. The highest BCUT2D eigenvalue weighted by atomic mass is 32.1. The van der Waals surface area contributed by atoms with E-state index in [4.69, 9.17) is 15.2 Å². The van der Waals surface area contributed by atoms with Gasteiger partial charge in [-0.25, -0.2) is 4.79 Å². The minimum Gasteiger partial charge on any atom is -0.460 e. The Morgan fingerprint density at radius 1 is 1.17 bits per heavy atom. The van der Waals surface area contributed by atoms with E-state index in [0.29, 0.717) is 5.56 Å². The van der Waals surface area contributed by atoms with E-state index in [-0.39, 0.29) is 28.7 Å². The Kier molecular flexibility index (Phi) is 7.33. The van der Waals surface area contributed by atoms with E-state index >= 15 is 0 Å². The molecule has 0 aliphatic rings. The van der Waals surface area contributed by atoms with E-state index < -0.39 is 30.4 Å². The van der Waals surface area contributed by atoms with Crippen LogP contribution in [0, 0.1) is 6.92 Å². The third kappa shape index (κ3) is 5.32. The zero-order chi connectivity index (χ0) is 18.3. The lowest BCUT2D eigenvalue weighted by Gasteiger charge is -2.08. The van der Waals surface area contributed by atoms with Crippen LogP contribution >= 0.6 is 11.3 Å². The number of amides is 2. The maximum Gasteiger partial charge on any atom is 0.341 e. The van der Waals surface area contributed by atoms with Gasteiger partial charge in [0.2, 0.25) is 0 Å². The molecule has 0 aliphatic carbocycles. The van der Waals surface area contributed by atoms with Crippen LogP contribution in [0.15, 0.2) is 0 Å². The maximum absolute atomic E-state index is 12.2. The smallest absolute Gasteiger partial charge is 0.341 e. The van der Waals surface area contributed by atoms with Gasteiger partial charge in [-0.1, -0.05) is 0 Å². The predicted octanol–water partition coefficient (Wildman–Crippen LogP) is 0.460. The number of methoxy groups -OCH3 is 1. The van der Waals surface area contributed by atoms with Crippen molar-refractivity contribution in [3.8, 4) is 0 Å². The standard InChI is InChI=1S/C14H18N2O7S/c1-7-10(14(20)22-5-4-21-3)13(24-11(7)12(15)19)16-9(18)6-23-8(2)17/h4-6H2,1-3H3,(H2,15,19)(H,16,18). The fourth-order valence-corrected chi connectivity index (χ4v) is 2.77. The largest absolute Gasteiger partial charge is 0.460 e.